The van der Waals surface area contributed by atoms with Crippen molar-refractivity contribution in [3.63, 3.8) is 0 Å². The zero-order valence-electron chi connectivity index (χ0n) is 12.0. The van der Waals surface area contributed by atoms with E-state index in [9.17, 15) is 13.7 Å². The molecule has 0 atom stereocenters. The summed E-state index contributed by atoms with van der Waals surface area (Å²) >= 11 is 0. The average molecular weight is 307 g/mol. The van der Waals surface area contributed by atoms with E-state index in [1.165, 1.54) is 0 Å². The van der Waals surface area contributed by atoms with Gasteiger partial charge < -0.3 is 5.73 Å². The lowest BCUT2D eigenvalue weighted by molar-refractivity contribution is 0.606. The maximum atomic E-state index is 11.4. The summed E-state index contributed by atoms with van der Waals surface area (Å²) in [5.41, 5.74) is 7.00. The molecule has 0 saturated carbocycles. The normalized spacial score (nSPS) is 10.7. The van der Waals surface area contributed by atoms with E-state index in [1.807, 2.05) is 19.1 Å². The average Bonchev–Trinajstić information content (AvgIpc) is 2.37. The summed E-state index contributed by atoms with van der Waals surface area (Å²) in [5, 5.41) is 18.0. The Labute approximate surface area is 124 Å². The smallest absolute Gasteiger partial charge is 0.230 e. The highest BCUT2D eigenvalue weighted by Crippen LogP contribution is 2.28. The highest BCUT2D eigenvalue weighted by molar-refractivity contribution is 7.92. The van der Waals surface area contributed by atoms with Gasteiger partial charge in [-0.25, -0.2) is 13.4 Å². The summed E-state index contributed by atoms with van der Waals surface area (Å²) < 4.78 is 25.2. The van der Waals surface area contributed by atoms with E-state index in [-0.39, 0.29) is 29.2 Å². The molecule has 7 nitrogen and oxygen atoms in total. The number of aromatic nitrogens is 1. The van der Waals surface area contributed by atoms with E-state index in [0.717, 1.165) is 19.1 Å². The molecule has 0 saturated heterocycles. The van der Waals surface area contributed by atoms with Crippen LogP contribution in [0.25, 0.3) is 0 Å². The van der Waals surface area contributed by atoms with E-state index in [4.69, 9.17) is 11.0 Å². The predicted octanol–water partition coefficient (Wildman–Crippen LogP) is 1.32. The Kier molecular flexibility index (Phi) is 5.51. The zero-order chi connectivity index (χ0) is 16.0. The molecule has 3 N–H and O–H groups in total. The molecule has 21 heavy (non-hydrogen) atoms. The molecule has 0 bridgehead atoms. The van der Waals surface area contributed by atoms with Crippen molar-refractivity contribution in [3.05, 3.63) is 16.8 Å². The van der Waals surface area contributed by atoms with Gasteiger partial charge in [-0.2, -0.15) is 10.5 Å². The second-order valence-electron chi connectivity index (χ2n) is 4.60. The monoisotopic (exact) mass is 307 g/mol. The molecule has 0 aliphatic carbocycles. The van der Waals surface area contributed by atoms with Gasteiger partial charge in [0.25, 0.3) is 0 Å². The van der Waals surface area contributed by atoms with Crippen LogP contribution in [0.5, 0.6) is 0 Å². The van der Waals surface area contributed by atoms with Crippen LogP contribution < -0.4 is 10.5 Å². The van der Waals surface area contributed by atoms with E-state index >= 15 is 0 Å². The minimum absolute atomic E-state index is 0.104. The fourth-order valence-electron chi connectivity index (χ4n) is 1.89. The van der Waals surface area contributed by atoms with Crippen molar-refractivity contribution >= 4 is 21.5 Å². The number of pyridine rings is 1. The van der Waals surface area contributed by atoms with Crippen molar-refractivity contribution in [3.8, 4) is 12.1 Å². The third-order valence-corrected chi connectivity index (χ3v) is 3.40. The number of rotatable bonds is 6. The standard InChI is InChI=1S/C13H17N5O2S/c1-3-4-5-9-12(16)10(8-15)11(6-7-14)17-13(9)18-21(2,19)20/h3-6H2,1-2H3,(H3,16,17,18). The molecule has 0 unspecified atom stereocenters. The van der Waals surface area contributed by atoms with Crippen molar-refractivity contribution in [2.45, 2.75) is 32.6 Å². The Morgan fingerprint density at radius 1 is 1.38 bits per heavy atom. The fraction of sp³-hybridized carbons (Fsp3) is 0.462. The van der Waals surface area contributed by atoms with Gasteiger partial charge in [0, 0.05) is 5.56 Å². The molecular weight excluding hydrogens is 290 g/mol. The lowest BCUT2D eigenvalue weighted by Gasteiger charge is -2.15. The quantitative estimate of drug-likeness (QED) is 0.814. The van der Waals surface area contributed by atoms with Crippen molar-refractivity contribution in [2.75, 3.05) is 16.7 Å². The van der Waals surface area contributed by atoms with E-state index in [1.54, 1.807) is 0 Å². The number of nitriles is 2. The Morgan fingerprint density at radius 3 is 2.52 bits per heavy atom. The second kappa shape index (κ2) is 6.91. The van der Waals surface area contributed by atoms with Crippen LogP contribution in [0.4, 0.5) is 11.5 Å². The van der Waals surface area contributed by atoms with Gasteiger partial charge in [0.15, 0.2) is 0 Å². The van der Waals surface area contributed by atoms with Crippen LogP contribution in [0.15, 0.2) is 0 Å². The number of hydrogen-bond donors (Lipinski definition) is 2. The molecule has 8 heteroatoms. The molecule has 1 heterocycles. The first kappa shape index (κ1) is 16.7. The molecule has 0 spiro atoms. The summed E-state index contributed by atoms with van der Waals surface area (Å²) in [6.07, 6.45) is 3.08. The van der Waals surface area contributed by atoms with Crippen LogP contribution in [0.3, 0.4) is 0 Å². The molecule has 0 aromatic carbocycles. The van der Waals surface area contributed by atoms with Crippen molar-refractivity contribution in [2.24, 2.45) is 0 Å². The van der Waals surface area contributed by atoms with Crippen molar-refractivity contribution in [1.29, 1.82) is 10.5 Å². The van der Waals surface area contributed by atoms with Crippen molar-refractivity contribution < 1.29 is 8.42 Å². The lowest BCUT2D eigenvalue weighted by atomic mass is 10.0. The summed E-state index contributed by atoms with van der Waals surface area (Å²) in [6.45, 7) is 1.99. The minimum atomic E-state index is -3.53. The minimum Gasteiger partial charge on any atom is -0.397 e. The Balaban J connectivity index is 3.51. The van der Waals surface area contributed by atoms with Crippen LogP contribution in [0, 0.1) is 22.7 Å². The van der Waals surface area contributed by atoms with Crippen LogP contribution in [0.2, 0.25) is 0 Å². The number of unbranched alkanes of at least 4 members (excludes halogenated alkanes) is 1. The topological polar surface area (TPSA) is 133 Å². The van der Waals surface area contributed by atoms with Gasteiger partial charge in [-0.05, 0) is 12.8 Å². The highest BCUT2D eigenvalue weighted by Gasteiger charge is 2.19. The molecule has 0 radical (unpaired) electrons. The predicted molar refractivity (Wildman–Crippen MR) is 79.8 cm³/mol. The fourth-order valence-corrected chi connectivity index (χ4v) is 2.41. The Morgan fingerprint density at radius 2 is 2.05 bits per heavy atom. The lowest BCUT2D eigenvalue weighted by Crippen LogP contribution is -2.16. The number of hydrogen-bond acceptors (Lipinski definition) is 6. The van der Waals surface area contributed by atoms with Crippen LogP contribution in [-0.2, 0) is 22.9 Å². The van der Waals surface area contributed by atoms with Crippen LogP contribution in [0.1, 0.15) is 36.6 Å². The first-order valence-electron chi connectivity index (χ1n) is 6.40. The summed E-state index contributed by atoms with van der Waals surface area (Å²) in [5.74, 6) is 0.104. The molecule has 112 valence electrons. The zero-order valence-corrected chi connectivity index (χ0v) is 12.8. The van der Waals surface area contributed by atoms with Crippen LogP contribution >= 0.6 is 0 Å². The highest BCUT2D eigenvalue weighted by atomic mass is 32.2. The largest absolute Gasteiger partial charge is 0.397 e. The Hall–Kier alpha value is -2.32. The van der Waals surface area contributed by atoms with Gasteiger partial charge in [-0.1, -0.05) is 13.3 Å². The first-order chi connectivity index (χ1) is 9.84. The van der Waals surface area contributed by atoms with E-state index < -0.39 is 10.0 Å². The Bertz CT molecular complexity index is 714. The molecular formula is C13H17N5O2S. The molecule has 0 aliphatic rings. The third kappa shape index (κ3) is 4.33. The number of nitrogens with two attached hydrogens (primary N) is 1. The van der Waals surface area contributed by atoms with Gasteiger partial charge in [-0.15, -0.1) is 0 Å². The van der Waals surface area contributed by atoms with Gasteiger partial charge >= 0.3 is 0 Å². The molecule has 0 amide bonds. The van der Waals surface area contributed by atoms with Gasteiger partial charge in [0.2, 0.25) is 10.0 Å². The van der Waals surface area contributed by atoms with Crippen molar-refractivity contribution in [1.82, 2.24) is 4.98 Å². The van der Waals surface area contributed by atoms with E-state index in [2.05, 4.69) is 9.71 Å². The van der Waals surface area contributed by atoms with Gasteiger partial charge in [0.05, 0.1) is 35.7 Å². The maximum absolute atomic E-state index is 11.4. The number of nitrogens with one attached hydrogen (secondary N) is 1. The molecule has 1 aromatic heterocycles. The first-order valence-corrected chi connectivity index (χ1v) is 8.29. The SMILES string of the molecule is CCCCc1c(NS(C)(=O)=O)nc(CC#N)c(C#N)c1N. The number of nitrogen functional groups attached to an aromatic ring is 1. The number of anilines is 2. The molecule has 1 aromatic rings. The third-order valence-electron chi connectivity index (χ3n) is 2.84. The summed E-state index contributed by atoms with van der Waals surface area (Å²) in [4.78, 5) is 4.12. The summed E-state index contributed by atoms with van der Waals surface area (Å²) in [7, 11) is -3.53. The number of nitrogens with zero attached hydrogens (tertiary/aromatic N) is 3. The van der Waals surface area contributed by atoms with Gasteiger partial charge in [0.1, 0.15) is 11.9 Å². The molecule has 0 fully saturated rings. The van der Waals surface area contributed by atoms with Crippen LogP contribution in [-0.4, -0.2) is 19.7 Å². The molecule has 1 rings (SSSR count). The number of sulfonamides is 1. The van der Waals surface area contributed by atoms with E-state index in [0.29, 0.717) is 12.0 Å². The van der Waals surface area contributed by atoms with Gasteiger partial charge in [-0.3, -0.25) is 4.72 Å². The maximum Gasteiger partial charge on any atom is 0.230 e. The second-order valence-corrected chi connectivity index (χ2v) is 6.35. The molecule has 0 aliphatic heterocycles. The summed E-state index contributed by atoms with van der Waals surface area (Å²) in [6, 6.07) is 3.83.